The van der Waals surface area contributed by atoms with Gasteiger partial charge in [0.25, 0.3) is 0 Å². The molecule has 0 aromatic heterocycles. The molecular weight excluding hydrogens is 146 g/mol. The average Bonchev–Trinajstić information content (AvgIpc) is 2.43. The quantitative estimate of drug-likeness (QED) is 0.530. The lowest BCUT2D eigenvalue weighted by molar-refractivity contribution is 0.164. The van der Waals surface area contributed by atoms with Gasteiger partial charge < -0.3 is 4.90 Å². The standard InChI is InChI=1S/C11H19N/c1-7-9-3-4-10(7)11-5-8(9)6-12(11)2/h7-11H,3-6H2,1-2H3. The summed E-state index contributed by atoms with van der Waals surface area (Å²) in [7, 11) is 2.33. The molecule has 68 valence electrons. The fourth-order valence-electron chi connectivity index (χ4n) is 4.32. The lowest BCUT2D eigenvalue weighted by Gasteiger charge is -2.33. The molecule has 5 unspecified atom stereocenters. The van der Waals surface area contributed by atoms with Crippen LogP contribution in [0.5, 0.6) is 0 Å². The first-order valence-electron chi connectivity index (χ1n) is 5.47. The smallest absolute Gasteiger partial charge is 0.0126 e. The maximum absolute atomic E-state index is 2.63. The van der Waals surface area contributed by atoms with E-state index in [0.717, 1.165) is 29.7 Å². The summed E-state index contributed by atoms with van der Waals surface area (Å²) in [6.07, 6.45) is 4.59. The third-order valence-corrected chi connectivity index (χ3v) is 4.92. The van der Waals surface area contributed by atoms with E-state index in [9.17, 15) is 0 Å². The first-order chi connectivity index (χ1) is 5.77. The molecule has 0 spiro atoms. The van der Waals surface area contributed by atoms with Gasteiger partial charge in [-0.25, -0.2) is 0 Å². The summed E-state index contributed by atoms with van der Waals surface area (Å²) >= 11 is 0. The molecule has 3 rings (SSSR count). The van der Waals surface area contributed by atoms with Crippen molar-refractivity contribution in [1.29, 1.82) is 0 Å². The topological polar surface area (TPSA) is 3.24 Å². The van der Waals surface area contributed by atoms with Gasteiger partial charge in [0.15, 0.2) is 0 Å². The highest BCUT2D eigenvalue weighted by Crippen LogP contribution is 2.54. The molecule has 12 heavy (non-hydrogen) atoms. The first kappa shape index (κ1) is 7.37. The predicted octanol–water partition coefficient (Wildman–Crippen LogP) is 1.98. The normalized spacial score (nSPS) is 58.0. The molecule has 3 aliphatic rings. The Kier molecular flexibility index (Phi) is 1.39. The van der Waals surface area contributed by atoms with E-state index in [2.05, 4.69) is 18.9 Å². The molecule has 0 amide bonds. The Labute approximate surface area is 75.1 Å². The zero-order valence-electron chi connectivity index (χ0n) is 8.16. The Morgan fingerprint density at radius 2 is 1.92 bits per heavy atom. The summed E-state index contributed by atoms with van der Waals surface area (Å²) < 4.78 is 0. The van der Waals surface area contributed by atoms with E-state index in [1.807, 2.05) is 0 Å². The van der Waals surface area contributed by atoms with Gasteiger partial charge in [0.1, 0.15) is 0 Å². The maximum Gasteiger partial charge on any atom is 0.0126 e. The Hall–Kier alpha value is -0.0400. The zero-order valence-corrected chi connectivity index (χ0v) is 8.16. The van der Waals surface area contributed by atoms with E-state index in [1.54, 1.807) is 6.42 Å². The minimum Gasteiger partial charge on any atom is -0.303 e. The average molecular weight is 165 g/mol. The van der Waals surface area contributed by atoms with E-state index in [1.165, 1.54) is 19.4 Å². The molecule has 0 radical (unpaired) electrons. The second-order valence-corrected chi connectivity index (χ2v) is 5.27. The third kappa shape index (κ3) is 0.736. The van der Waals surface area contributed by atoms with E-state index in [4.69, 9.17) is 0 Å². The second kappa shape index (κ2) is 2.25. The molecule has 2 saturated carbocycles. The molecule has 3 fully saturated rings. The summed E-state index contributed by atoms with van der Waals surface area (Å²) in [6.45, 7) is 3.90. The van der Waals surface area contributed by atoms with E-state index >= 15 is 0 Å². The van der Waals surface area contributed by atoms with Crippen LogP contribution in [0.2, 0.25) is 0 Å². The Morgan fingerprint density at radius 3 is 2.75 bits per heavy atom. The second-order valence-electron chi connectivity index (χ2n) is 5.27. The summed E-state index contributed by atoms with van der Waals surface area (Å²) in [5.41, 5.74) is 0. The summed E-state index contributed by atoms with van der Waals surface area (Å²) in [4.78, 5) is 2.63. The van der Waals surface area contributed by atoms with Gasteiger partial charge in [-0.3, -0.25) is 0 Å². The molecule has 0 N–H and O–H groups in total. The van der Waals surface area contributed by atoms with E-state index in [0.29, 0.717) is 0 Å². The number of fused-ring (bicyclic) bond motifs is 6. The Morgan fingerprint density at radius 1 is 1.17 bits per heavy atom. The SMILES string of the molecule is CC1C2CCC1C1CC2CN1C. The predicted molar refractivity (Wildman–Crippen MR) is 49.9 cm³/mol. The van der Waals surface area contributed by atoms with Crippen LogP contribution in [0, 0.1) is 23.7 Å². The first-order valence-corrected chi connectivity index (χ1v) is 5.47. The van der Waals surface area contributed by atoms with Crippen LogP contribution in [-0.4, -0.2) is 24.5 Å². The van der Waals surface area contributed by atoms with E-state index < -0.39 is 0 Å². The lowest BCUT2D eigenvalue weighted by atomic mass is 9.73. The molecule has 1 heteroatoms. The highest BCUT2D eigenvalue weighted by molar-refractivity contribution is 5.03. The summed E-state index contributed by atoms with van der Waals surface area (Å²) in [6, 6.07) is 0.962. The van der Waals surface area contributed by atoms with Crippen LogP contribution in [0.15, 0.2) is 0 Å². The van der Waals surface area contributed by atoms with Crippen molar-refractivity contribution in [2.75, 3.05) is 13.6 Å². The van der Waals surface area contributed by atoms with Gasteiger partial charge in [0, 0.05) is 12.6 Å². The molecule has 4 bridgehead atoms. The van der Waals surface area contributed by atoms with Crippen molar-refractivity contribution in [2.45, 2.75) is 32.2 Å². The van der Waals surface area contributed by atoms with Gasteiger partial charge >= 0.3 is 0 Å². The number of likely N-dealkylation sites (tertiary alicyclic amines) is 1. The van der Waals surface area contributed by atoms with Gasteiger partial charge in [0.05, 0.1) is 0 Å². The number of hydrogen-bond donors (Lipinski definition) is 0. The Balaban J connectivity index is 1.96. The third-order valence-electron chi connectivity index (χ3n) is 4.92. The van der Waals surface area contributed by atoms with Gasteiger partial charge in [-0.1, -0.05) is 6.92 Å². The molecule has 2 aliphatic carbocycles. The van der Waals surface area contributed by atoms with Crippen molar-refractivity contribution in [3.63, 3.8) is 0 Å². The zero-order chi connectivity index (χ0) is 8.29. The van der Waals surface area contributed by atoms with Crippen LogP contribution in [0.1, 0.15) is 26.2 Å². The summed E-state index contributed by atoms with van der Waals surface area (Å²) in [5, 5.41) is 0. The molecule has 1 aliphatic heterocycles. The van der Waals surface area contributed by atoms with Gasteiger partial charge in [-0.15, -0.1) is 0 Å². The van der Waals surface area contributed by atoms with Gasteiger partial charge in [0.2, 0.25) is 0 Å². The molecule has 5 atom stereocenters. The van der Waals surface area contributed by atoms with Crippen molar-refractivity contribution in [1.82, 2.24) is 4.90 Å². The highest BCUT2D eigenvalue weighted by Gasteiger charge is 2.51. The molecule has 0 aromatic carbocycles. The number of nitrogens with zero attached hydrogens (tertiary/aromatic N) is 1. The summed E-state index contributed by atoms with van der Waals surface area (Å²) in [5.74, 6) is 4.25. The van der Waals surface area contributed by atoms with Crippen LogP contribution >= 0.6 is 0 Å². The van der Waals surface area contributed by atoms with Gasteiger partial charge in [-0.05, 0) is 50.0 Å². The lowest BCUT2D eigenvalue weighted by Crippen LogP contribution is -2.35. The van der Waals surface area contributed by atoms with Crippen molar-refractivity contribution < 1.29 is 0 Å². The fourth-order valence-corrected chi connectivity index (χ4v) is 4.32. The molecule has 1 saturated heterocycles. The highest BCUT2D eigenvalue weighted by atomic mass is 15.2. The minimum absolute atomic E-state index is 0.962. The monoisotopic (exact) mass is 165 g/mol. The number of rotatable bonds is 0. The fraction of sp³-hybridized carbons (Fsp3) is 1.00. The minimum atomic E-state index is 0.962. The van der Waals surface area contributed by atoms with Crippen molar-refractivity contribution in [3.05, 3.63) is 0 Å². The van der Waals surface area contributed by atoms with Crippen LogP contribution in [-0.2, 0) is 0 Å². The van der Waals surface area contributed by atoms with Gasteiger partial charge in [-0.2, -0.15) is 0 Å². The van der Waals surface area contributed by atoms with E-state index in [-0.39, 0.29) is 0 Å². The van der Waals surface area contributed by atoms with Crippen molar-refractivity contribution in [3.8, 4) is 0 Å². The Bertz CT molecular complexity index is 201. The number of hydrogen-bond acceptors (Lipinski definition) is 1. The largest absolute Gasteiger partial charge is 0.303 e. The molecule has 0 aromatic rings. The molecule has 1 heterocycles. The van der Waals surface area contributed by atoms with Crippen molar-refractivity contribution in [2.24, 2.45) is 23.7 Å². The van der Waals surface area contributed by atoms with Crippen molar-refractivity contribution >= 4 is 0 Å². The maximum atomic E-state index is 2.63. The van der Waals surface area contributed by atoms with Crippen LogP contribution in [0.25, 0.3) is 0 Å². The van der Waals surface area contributed by atoms with Crippen LogP contribution < -0.4 is 0 Å². The molecular formula is C11H19N. The van der Waals surface area contributed by atoms with Crippen LogP contribution in [0.4, 0.5) is 0 Å². The van der Waals surface area contributed by atoms with Crippen LogP contribution in [0.3, 0.4) is 0 Å². The molecule has 1 nitrogen and oxygen atoms in total.